The van der Waals surface area contributed by atoms with Gasteiger partial charge >= 0.3 is 0 Å². The Morgan fingerprint density at radius 1 is 1.19 bits per heavy atom. The molecule has 3 heterocycles. The van der Waals surface area contributed by atoms with Crippen molar-refractivity contribution in [1.29, 1.82) is 0 Å². The summed E-state index contributed by atoms with van der Waals surface area (Å²) in [4.78, 5) is 19.4. The van der Waals surface area contributed by atoms with Crippen molar-refractivity contribution in [3.05, 3.63) is 83.9 Å². The summed E-state index contributed by atoms with van der Waals surface area (Å²) in [5.74, 6) is -0.0169. The summed E-state index contributed by atoms with van der Waals surface area (Å²) >= 11 is 5.67. The highest BCUT2D eigenvalue weighted by Gasteiger charge is 2.40. The highest BCUT2D eigenvalue weighted by Crippen LogP contribution is 2.38. The maximum absolute atomic E-state index is 12.7. The Balaban J connectivity index is 1.52. The van der Waals surface area contributed by atoms with Crippen molar-refractivity contribution in [1.82, 2.24) is 19.8 Å². The van der Waals surface area contributed by atoms with Crippen LogP contribution in [0.3, 0.4) is 0 Å². The van der Waals surface area contributed by atoms with Gasteiger partial charge in [-0.15, -0.1) is 0 Å². The summed E-state index contributed by atoms with van der Waals surface area (Å²) in [5, 5.41) is 7.12. The van der Waals surface area contributed by atoms with E-state index in [1.165, 1.54) is 0 Å². The van der Waals surface area contributed by atoms with E-state index in [0.717, 1.165) is 28.9 Å². The lowest BCUT2D eigenvalue weighted by atomic mass is 9.99. The van der Waals surface area contributed by atoms with Gasteiger partial charge in [0.25, 0.3) is 0 Å². The van der Waals surface area contributed by atoms with Crippen molar-refractivity contribution >= 4 is 28.9 Å². The SMILES string of the molecule is CCc1ccccc1NC(=O)CCN1C(=S)N[C@@H](c2ccccn2)[C@H]1c1ccn(C)c1. The van der Waals surface area contributed by atoms with Gasteiger partial charge in [0.05, 0.1) is 17.8 Å². The number of carbonyl (C=O) groups excluding carboxylic acids is 1. The van der Waals surface area contributed by atoms with E-state index in [1.54, 1.807) is 6.20 Å². The Kier molecular flexibility index (Phi) is 6.32. The van der Waals surface area contributed by atoms with Crippen LogP contribution in [0.15, 0.2) is 67.1 Å². The fourth-order valence-corrected chi connectivity index (χ4v) is 4.43. The standard InChI is InChI=1S/C24H27N5OS/c1-3-17-8-4-5-9-19(17)26-21(30)12-15-29-23(18-11-14-28(2)16-18)22(27-24(29)31)20-10-6-7-13-25-20/h4-11,13-14,16,22-23H,3,12,15H2,1-2H3,(H,26,30)(H,27,31)/t22-,23+/m0/s1. The van der Waals surface area contributed by atoms with Gasteiger partial charge in [-0.05, 0) is 54.0 Å². The number of hydrogen-bond donors (Lipinski definition) is 2. The topological polar surface area (TPSA) is 62.2 Å². The van der Waals surface area contributed by atoms with Crippen LogP contribution in [-0.4, -0.2) is 32.0 Å². The first kappa shape index (κ1) is 21.1. The quantitative estimate of drug-likeness (QED) is 0.552. The number of thiocarbonyl (C=S) groups is 1. The normalized spacial score (nSPS) is 18.1. The molecule has 2 aromatic heterocycles. The van der Waals surface area contributed by atoms with Crippen molar-refractivity contribution < 1.29 is 4.79 Å². The van der Waals surface area contributed by atoms with Crippen LogP contribution in [-0.2, 0) is 18.3 Å². The van der Waals surface area contributed by atoms with E-state index in [1.807, 2.05) is 60.3 Å². The number of nitrogens with one attached hydrogen (secondary N) is 2. The molecule has 1 saturated heterocycles. The molecule has 0 radical (unpaired) electrons. The van der Waals surface area contributed by atoms with Gasteiger partial charge in [-0.1, -0.05) is 31.2 Å². The van der Waals surface area contributed by atoms with E-state index in [-0.39, 0.29) is 18.0 Å². The Morgan fingerprint density at radius 2 is 2.00 bits per heavy atom. The molecule has 0 bridgehead atoms. The summed E-state index contributed by atoms with van der Waals surface area (Å²) in [5.41, 5.74) is 4.08. The number of amides is 1. The molecule has 0 spiro atoms. The van der Waals surface area contributed by atoms with E-state index in [0.29, 0.717) is 18.1 Å². The third kappa shape index (κ3) is 4.61. The summed E-state index contributed by atoms with van der Waals surface area (Å²) in [6, 6.07) is 15.8. The number of para-hydroxylation sites is 1. The largest absolute Gasteiger partial charge is 0.357 e. The van der Waals surface area contributed by atoms with Gasteiger partial charge < -0.3 is 20.1 Å². The lowest BCUT2D eigenvalue weighted by Crippen LogP contribution is -2.32. The number of aromatic nitrogens is 2. The van der Waals surface area contributed by atoms with Crippen LogP contribution < -0.4 is 10.6 Å². The number of nitrogens with zero attached hydrogens (tertiary/aromatic N) is 3. The Bertz CT molecular complexity index is 1060. The van der Waals surface area contributed by atoms with Crippen LogP contribution in [0.5, 0.6) is 0 Å². The molecule has 4 rings (SSSR count). The molecule has 2 N–H and O–H groups in total. The molecule has 0 saturated carbocycles. The maximum atomic E-state index is 12.7. The van der Waals surface area contributed by atoms with Crippen molar-refractivity contribution in [2.45, 2.75) is 31.8 Å². The highest BCUT2D eigenvalue weighted by molar-refractivity contribution is 7.80. The molecule has 3 aromatic rings. The summed E-state index contributed by atoms with van der Waals surface area (Å²) in [6.07, 6.45) is 7.14. The summed E-state index contributed by atoms with van der Waals surface area (Å²) in [6.45, 7) is 2.61. The molecule has 6 nitrogen and oxygen atoms in total. The van der Waals surface area contributed by atoms with Gasteiger partial charge in [-0.2, -0.15) is 0 Å². The Hall–Kier alpha value is -3.19. The minimum absolute atomic E-state index is 0.0169. The fourth-order valence-electron chi connectivity index (χ4n) is 4.09. The molecule has 2 atom stereocenters. The molecular weight excluding hydrogens is 406 g/mol. The molecule has 0 aliphatic carbocycles. The maximum Gasteiger partial charge on any atom is 0.226 e. The second-order valence-electron chi connectivity index (χ2n) is 7.74. The summed E-state index contributed by atoms with van der Waals surface area (Å²) < 4.78 is 2.03. The Labute approximate surface area is 188 Å². The Morgan fingerprint density at radius 3 is 2.71 bits per heavy atom. The first-order chi connectivity index (χ1) is 15.1. The third-order valence-corrected chi connectivity index (χ3v) is 6.00. The second-order valence-corrected chi connectivity index (χ2v) is 8.13. The van der Waals surface area contributed by atoms with Crippen LogP contribution in [0, 0.1) is 0 Å². The predicted molar refractivity (Wildman–Crippen MR) is 127 cm³/mol. The molecule has 7 heteroatoms. The van der Waals surface area contributed by atoms with Crippen molar-refractivity contribution in [2.24, 2.45) is 7.05 Å². The van der Waals surface area contributed by atoms with Gasteiger partial charge in [0.1, 0.15) is 0 Å². The van der Waals surface area contributed by atoms with Crippen LogP contribution in [0.25, 0.3) is 0 Å². The average molecular weight is 434 g/mol. The van der Waals surface area contributed by atoms with E-state index in [2.05, 4.69) is 39.7 Å². The lowest BCUT2D eigenvalue weighted by Gasteiger charge is -2.27. The van der Waals surface area contributed by atoms with Gasteiger partial charge in [-0.25, -0.2) is 0 Å². The van der Waals surface area contributed by atoms with E-state index in [9.17, 15) is 4.79 Å². The molecule has 1 aromatic carbocycles. The molecule has 1 amide bonds. The van der Waals surface area contributed by atoms with Crippen molar-refractivity contribution in [2.75, 3.05) is 11.9 Å². The van der Waals surface area contributed by atoms with Crippen molar-refractivity contribution in [3.63, 3.8) is 0 Å². The summed E-state index contributed by atoms with van der Waals surface area (Å²) in [7, 11) is 2.00. The molecule has 1 aliphatic rings. The average Bonchev–Trinajstić information content (AvgIpc) is 3.35. The third-order valence-electron chi connectivity index (χ3n) is 5.65. The molecule has 31 heavy (non-hydrogen) atoms. The number of hydrogen-bond acceptors (Lipinski definition) is 3. The number of benzene rings is 1. The second kappa shape index (κ2) is 9.31. The van der Waals surface area contributed by atoms with E-state index < -0.39 is 0 Å². The van der Waals surface area contributed by atoms with Gasteiger partial charge in [0.2, 0.25) is 5.91 Å². The zero-order chi connectivity index (χ0) is 21.8. The molecule has 160 valence electrons. The van der Waals surface area contributed by atoms with Gasteiger partial charge in [0.15, 0.2) is 5.11 Å². The number of anilines is 1. The van der Waals surface area contributed by atoms with E-state index >= 15 is 0 Å². The number of rotatable bonds is 7. The zero-order valence-electron chi connectivity index (χ0n) is 17.8. The molecule has 1 fully saturated rings. The number of aryl methyl sites for hydroxylation is 2. The first-order valence-electron chi connectivity index (χ1n) is 10.5. The fraction of sp³-hybridized carbons (Fsp3) is 0.292. The monoisotopic (exact) mass is 433 g/mol. The molecule has 1 aliphatic heterocycles. The van der Waals surface area contributed by atoms with Crippen molar-refractivity contribution in [3.8, 4) is 0 Å². The number of pyridine rings is 1. The number of carbonyl (C=O) groups is 1. The highest BCUT2D eigenvalue weighted by atomic mass is 32.1. The van der Waals surface area contributed by atoms with E-state index in [4.69, 9.17) is 12.2 Å². The van der Waals surface area contributed by atoms with Crippen LogP contribution in [0.4, 0.5) is 5.69 Å². The minimum atomic E-state index is -0.0695. The van der Waals surface area contributed by atoms with Crippen LogP contribution >= 0.6 is 12.2 Å². The molecular formula is C24H27N5OS. The van der Waals surface area contributed by atoms with Gasteiger partial charge in [-0.3, -0.25) is 9.78 Å². The van der Waals surface area contributed by atoms with Crippen LogP contribution in [0.2, 0.25) is 0 Å². The zero-order valence-corrected chi connectivity index (χ0v) is 18.6. The lowest BCUT2D eigenvalue weighted by molar-refractivity contribution is -0.116. The first-order valence-corrected chi connectivity index (χ1v) is 11.0. The predicted octanol–water partition coefficient (Wildman–Crippen LogP) is 3.98. The van der Waals surface area contributed by atoms with Crippen LogP contribution in [0.1, 0.15) is 42.2 Å². The van der Waals surface area contributed by atoms with Gasteiger partial charge in [0, 0.05) is 44.3 Å². The minimum Gasteiger partial charge on any atom is -0.357 e. The molecule has 0 unspecified atom stereocenters. The smallest absolute Gasteiger partial charge is 0.226 e.